The van der Waals surface area contributed by atoms with Crippen molar-refractivity contribution in [3.05, 3.63) is 60.2 Å². The zero-order valence-corrected chi connectivity index (χ0v) is 13.3. The van der Waals surface area contributed by atoms with Gasteiger partial charge in [-0.3, -0.25) is 9.59 Å². The average Bonchev–Trinajstić information content (AvgIpc) is 3.10. The molecule has 0 spiro atoms. The van der Waals surface area contributed by atoms with Gasteiger partial charge < -0.3 is 15.4 Å². The molecule has 124 valence electrons. The van der Waals surface area contributed by atoms with E-state index < -0.39 is 0 Å². The van der Waals surface area contributed by atoms with Crippen LogP contribution in [0.25, 0.3) is 0 Å². The zero-order valence-electron chi connectivity index (χ0n) is 13.3. The summed E-state index contributed by atoms with van der Waals surface area (Å²) in [5.74, 6) is -0.226. The quantitative estimate of drug-likeness (QED) is 0.889. The van der Waals surface area contributed by atoms with E-state index in [4.69, 9.17) is 4.74 Å². The summed E-state index contributed by atoms with van der Waals surface area (Å²) in [6, 6.07) is 16.7. The second-order valence-corrected chi connectivity index (χ2v) is 5.84. The standard InChI is InChI=1S/C19H20N2O3/c22-18(11-14-5-2-1-3-6-14)20-16-7-4-8-17(12-16)21-19(23)15-9-10-24-13-15/h1-8,12,15H,9-11,13H2,(H,20,22)(H,21,23)/t15-/m1/s1. The molecule has 0 aromatic heterocycles. The van der Waals surface area contributed by atoms with Crippen LogP contribution in [0.15, 0.2) is 54.6 Å². The molecule has 1 atom stereocenters. The fourth-order valence-electron chi connectivity index (χ4n) is 2.65. The van der Waals surface area contributed by atoms with Gasteiger partial charge >= 0.3 is 0 Å². The molecule has 1 fully saturated rings. The lowest BCUT2D eigenvalue weighted by molar-refractivity contribution is -0.119. The fourth-order valence-corrected chi connectivity index (χ4v) is 2.65. The number of carbonyl (C=O) groups excluding carboxylic acids is 2. The smallest absolute Gasteiger partial charge is 0.229 e. The molecule has 0 aliphatic carbocycles. The van der Waals surface area contributed by atoms with Gasteiger partial charge in [0, 0.05) is 18.0 Å². The molecule has 0 bridgehead atoms. The lowest BCUT2D eigenvalue weighted by Crippen LogP contribution is -2.23. The predicted octanol–water partition coefficient (Wildman–Crippen LogP) is 2.84. The molecule has 2 aromatic carbocycles. The maximum atomic E-state index is 12.1. The molecular weight excluding hydrogens is 304 g/mol. The first-order chi connectivity index (χ1) is 11.7. The predicted molar refractivity (Wildman–Crippen MR) is 92.8 cm³/mol. The Labute approximate surface area is 141 Å². The Balaban J connectivity index is 1.58. The molecule has 0 radical (unpaired) electrons. The molecule has 2 aromatic rings. The third-order valence-electron chi connectivity index (χ3n) is 3.92. The minimum Gasteiger partial charge on any atom is -0.381 e. The number of ether oxygens (including phenoxy) is 1. The number of carbonyl (C=O) groups is 2. The zero-order chi connectivity index (χ0) is 16.8. The topological polar surface area (TPSA) is 67.4 Å². The summed E-state index contributed by atoms with van der Waals surface area (Å²) in [5.41, 5.74) is 2.29. The highest BCUT2D eigenvalue weighted by Crippen LogP contribution is 2.19. The maximum absolute atomic E-state index is 12.1. The van der Waals surface area contributed by atoms with Crippen molar-refractivity contribution in [2.24, 2.45) is 5.92 Å². The number of hydrogen-bond acceptors (Lipinski definition) is 3. The van der Waals surface area contributed by atoms with E-state index in [1.807, 2.05) is 30.3 Å². The van der Waals surface area contributed by atoms with Crippen LogP contribution >= 0.6 is 0 Å². The third-order valence-corrected chi connectivity index (χ3v) is 3.92. The SMILES string of the molecule is O=C(Cc1ccccc1)Nc1cccc(NC(=O)[C@@H]2CCOC2)c1. The summed E-state index contributed by atoms with van der Waals surface area (Å²) in [6.45, 7) is 1.10. The number of hydrogen-bond donors (Lipinski definition) is 2. The van der Waals surface area contributed by atoms with E-state index in [-0.39, 0.29) is 17.7 Å². The lowest BCUT2D eigenvalue weighted by atomic mass is 10.1. The van der Waals surface area contributed by atoms with Crippen molar-refractivity contribution in [3.8, 4) is 0 Å². The summed E-state index contributed by atoms with van der Waals surface area (Å²) < 4.78 is 5.23. The van der Waals surface area contributed by atoms with E-state index in [0.717, 1.165) is 12.0 Å². The van der Waals surface area contributed by atoms with E-state index in [9.17, 15) is 9.59 Å². The highest BCUT2D eigenvalue weighted by atomic mass is 16.5. The van der Waals surface area contributed by atoms with Gasteiger partial charge in [0.1, 0.15) is 0 Å². The Morgan fingerprint density at radius 3 is 2.46 bits per heavy atom. The van der Waals surface area contributed by atoms with E-state index in [0.29, 0.717) is 31.0 Å². The Hall–Kier alpha value is -2.66. The van der Waals surface area contributed by atoms with Crippen molar-refractivity contribution in [2.45, 2.75) is 12.8 Å². The minimum absolute atomic E-state index is 0.0414. The normalized spacial score (nSPS) is 16.6. The van der Waals surface area contributed by atoms with Crippen LogP contribution in [0, 0.1) is 5.92 Å². The van der Waals surface area contributed by atoms with Crippen molar-refractivity contribution in [3.63, 3.8) is 0 Å². The molecule has 5 heteroatoms. The van der Waals surface area contributed by atoms with Gasteiger partial charge in [0.05, 0.1) is 18.9 Å². The largest absolute Gasteiger partial charge is 0.381 e. The molecule has 2 N–H and O–H groups in total. The van der Waals surface area contributed by atoms with Gasteiger partial charge in [-0.2, -0.15) is 0 Å². The van der Waals surface area contributed by atoms with Gasteiger partial charge in [-0.15, -0.1) is 0 Å². The molecule has 1 saturated heterocycles. The van der Waals surface area contributed by atoms with Crippen LogP contribution in [0.4, 0.5) is 11.4 Å². The van der Waals surface area contributed by atoms with Crippen LogP contribution in [0.2, 0.25) is 0 Å². The third kappa shape index (κ3) is 4.43. The fraction of sp³-hybridized carbons (Fsp3) is 0.263. The number of nitrogens with one attached hydrogen (secondary N) is 2. The second-order valence-electron chi connectivity index (χ2n) is 5.84. The monoisotopic (exact) mass is 324 g/mol. The van der Waals surface area contributed by atoms with Crippen molar-refractivity contribution in [1.29, 1.82) is 0 Å². The van der Waals surface area contributed by atoms with Gasteiger partial charge in [-0.1, -0.05) is 36.4 Å². The molecule has 1 heterocycles. The minimum atomic E-state index is -0.0960. The molecule has 1 aliphatic rings. The Morgan fingerprint density at radius 1 is 1.00 bits per heavy atom. The van der Waals surface area contributed by atoms with Crippen LogP contribution < -0.4 is 10.6 Å². The second kappa shape index (κ2) is 7.75. The summed E-state index contributed by atoms with van der Waals surface area (Å²) in [6.07, 6.45) is 1.07. The van der Waals surface area contributed by atoms with E-state index in [1.165, 1.54) is 0 Å². The van der Waals surface area contributed by atoms with Crippen molar-refractivity contribution < 1.29 is 14.3 Å². The summed E-state index contributed by atoms with van der Waals surface area (Å²) in [5, 5.41) is 5.74. The first-order valence-electron chi connectivity index (χ1n) is 8.03. The van der Waals surface area contributed by atoms with Crippen molar-refractivity contribution in [1.82, 2.24) is 0 Å². The van der Waals surface area contributed by atoms with Crippen LogP contribution in [0.1, 0.15) is 12.0 Å². The van der Waals surface area contributed by atoms with Crippen molar-refractivity contribution in [2.75, 3.05) is 23.8 Å². The lowest BCUT2D eigenvalue weighted by Gasteiger charge is -2.11. The van der Waals surface area contributed by atoms with E-state index in [2.05, 4.69) is 10.6 Å². The first-order valence-corrected chi connectivity index (χ1v) is 8.03. The van der Waals surface area contributed by atoms with Gasteiger partial charge in [-0.05, 0) is 30.2 Å². The number of benzene rings is 2. The first kappa shape index (κ1) is 16.2. The molecule has 0 saturated carbocycles. The molecule has 0 unspecified atom stereocenters. The maximum Gasteiger partial charge on any atom is 0.229 e. The van der Waals surface area contributed by atoms with Crippen LogP contribution in [-0.4, -0.2) is 25.0 Å². The van der Waals surface area contributed by atoms with E-state index in [1.54, 1.807) is 24.3 Å². The molecule has 1 aliphatic heterocycles. The average molecular weight is 324 g/mol. The Kier molecular flexibility index (Phi) is 5.23. The Morgan fingerprint density at radius 2 is 1.75 bits per heavy atom. The summed E-state index contributed by atoms with van der Waals surface area (Å²) in [7, 11) is 0. The van der Waals surface area contributed by atoms with Crippen LogP contribution in [0.5, 0.6) is 0 Å². The molecule has 24 heavy (non-hydrogen) atoms. The molecular formula is C19H20N2O3. The highest BCUT2D eigenvalue weighted by Gasteiger charge is 2.23. The Bertz CT molecular complexity index is 710. The molecule has 5 nitrogen and oxygen atoms in total. The van der Waals surface area contributed by atoms with Gasteiger partial charge in [-0.25, -0.2) is 0 Å². The van der Waals surface area contributed by atoms with Gasteiger partial charge in [0.25, 0.3) is 0 Å². The van der Waals surface area contributed by atoms with Crippen LogP contribution in [0.3, 0.4) is 0 Å². The molecule has 2 amide bonds. The highest BCUT2D eigenvalue weighted by molar-refractivity contribution is 5.95. The van der Waals surface area contributed by atoms with Crippen molar-refractivity contribution >= 4 is 23.2 Å². The summed E-state index contributed by atoms with van der Waals surface area (Å²) in [4.78, 5) is 24.2. The van der Waals surface area contributed by atoms with Gasteiger partial charge in [0.15, 0.2) is 0 Å². The number of rotatable bonds is 5. The molecule has 3 rings (SSSR count). The number of amides is 2. The van der Waals surface area contributed by atoms with E-state index >= 15 is 0 Å². The van der Waals surface area contributed by atoms with Gasteiger partial charge in [0.2, 0.25) is 11.8 Å². The number of anilines is 2. The summed E-state index contributed by atoms with van der Waals surface area (Å²) >= 11 is 0. The van der Waals surface area contributed by atoms with Crippen LogP contribution in [-0.2, 0) is 20.7 Å².